The highest BCUT2D eigenvalue weighted by Gasteiger charge is 2.10. The van der Waals surface area contributed by atoms with Crippen LogP contribution in [0.2, 0.25) is 0 Å². The number of rotatable bonds is 5. The lowest BCUT2D eigenvalue weighted by atomic mass is 10.1. The van der Waals surface area contributed by atoms with E-state index in [4.69, 9.17) is 14.4 Å². The number of nitrogens with zero attached hydrogens (tertiary/aromatic N) is 3. The van der Waals surface area contributed by atoms with E-state index in [9.17, 15) is 4.79 Å². The monoisotopic (exact) mass is 285 g/mol. The van der Waals surface area contributed by atoms with Gasteiger partial charge in [0.25, 0.3) is 5.89 Å². The molecule has 0 aliphatic rings. The molecule has 0 saturated carbocycles. The van der Waals surface area contributed by atoms with Crippen molar-refractivity contribution in [1.82, 2.24) is 15.1 Å². The Morgan fingerprint density at radius 3 is 3.10 bits per heavy atom. The lowest BCUT2D eigenvalue weighted by Crippen LogP contribution is -2.06. The van der Waals surface area contributed by atoms with E-state index < -0.39 is 12.6 Å². The molecule has 106 valence electrons. The summed E-state index contributed by atoms with van der Waals surface area (Å²) in [6.45, 7) is -0.437. The van der Waals surface area contributed by atoms with Gasteiger partial charge in [0.1, 0.15) is 13.2 Å². The average molecular weight is 285 g/mol. The van der Waals surface area contributed by atoms with Crippen molar-refractivity contribution < 1.29 is 19.2 Å². The van der Waals surface area contributed by atoms with Crippen molar-refractivity contribution >= 4 is 16.9 Å². The fourth-order valence-corrected chi connectivity index (χ4v) is 1.87. The van der Waals surface area contributed by atoms with E-state index in [0.717, 1.165) is 16.5 Å². The fraction of sp³-hybridized carbons (Fsp3) is 0.143. The largest absolute Gasteiger partial charge is 0.480 e. The van der Waals surface area contributed by atoms with Gasteiger partial charge in [-0.1, -0.05) is 11.2 Å². The number of hydrogen-bond acceptors (Lipinski definition) is 6. The van der Waals surface area contributed by atoms with Crippen molar-refractivity contribution in [1.29, 1.82) is 0 Å². The molecular weight excluding hydrogens is 274 g/mol. The molecule has 0 amide bonds. The maximum absolute atomic E-state index is 10.3. The molecule has 7 nitrogen and oxygen atoms in total. The van der Waals surface area contributed by atoms with Crippen molar-refractivity contribution in [3.8, 4) is 11.4 Å². The molecule has 2 aromatic heterocycles. The minimum absolute atomic E-state index is 0.0333. The number of aliphatic carboxylic acids is 1. The van der Waals surface area contributed by atoms with Crippen molar-refractivity contribution in [2.24, 2.45) is 0 Å². The van der Waals surface area contributed by atoms with E-state index in [2.05, 4.69) is 15.1 Å². The summed E-state index contributed by atoms with van der Waals surface area (Å²) >= 11 is 0. The normalized spacial score (nSPS) is 10.9. The summed E-state index contributed by atoms with van der Waals surface area (Å²) in [4.78, 5) is 18.7. The number of aromatic nitrogens is 3. The number of benzene rings is 1. The van der Waals surface area contributed by atoms with Crippen LogP contribution in [0.4, 0.5) is 0 Å². The van der Waals surface area contributed by atoms with Crippen LogP contribution in [0.25, 0.3) is 22.3 Å². The van der Waals surface area contributed by atoms with Crippen LogP contribution < -0.4 is 0 Å². The molecule has 3 aromatic rings. The third-order valence-electron chi connectivity index (χ3n) is 2.78. The van der Waals surface area contributed by atoms with Crippen LogP contribution in [-0.4, -0.2) is 32.8 Å². The predicted molar refractivity (Wildman–Crippen MR) is 72.3 cm³/mol. The number of carboxylic acid groups (broad SMARTS) is 1. The molecule has 0 saturated heterocycles. The van der Waals surface area contributed by atoms with Gasteiger partial charge in [0.2, 0.25) is 5.82 Å². The van der Waals surface area contributed by atoms with Gasteiger partial charge in [-0.05, 0) is 24.3 Å². The van der Waals surface area contributed by atoms with Crippen molar-refractivity contribution in [3.05, 3.63) is 42.4 Å². The van der Waals surface area contributed by atoms with Gasteiger partial charge in [-0.15, -0.1) is 0 Å². The van der Waals surface area contributed by atoms with E-state index in [1.165, 1.54) is 0 Å². The molecule has 0 aliphatic carbocycles. The molecule has 0 spiro atoms. The Labute approximate surface area is 119 Å². The highest BCUT2D eigenvalue weighted by molar-refractivity contribution is 5.82. The highest BCUT2D eigenvalue weighted by atomic mass is 16.5. The Morgan fingerprint density at radius 2 is 2.24 bits per heavy atom. The molecular formula is C14H11N3O4. The van der Waals surface area contributed by atoms with Gasteiger partial charge in [-0.3, -0.25) is 4.98 Å². The molecule has 7 heteroatoms. The van der Waals surface area contributed by atoms with Crippen molar-refractivity contribution in [2.75, 3.05) is 6.61 Å². The van der Waals surface area contributed by atoms with Crippen LogP contribution in [0.15, 0.2) is 41.1 Å². The minimum Gasteiger partial charge on any atom is -0.480 e. The Hall–Kier alpha value is -2.80. The second-order valence-electron chi connectivity index (χ2n) is 4.31. The van der Waals surface area contributed by atoms with E-state index in [-0.39, 0.29) is 12.5 Å². The standard InChI is InChI=1S/C14H11N3O4/c18-13(19)8-20-7-12-16-14(17-21-12)10-3-4-11-9(6-10)2-1-5-15-11/h1-6H,7-8H2,(H,18,19). The molecule has 1 aromatic carbocycles. The van der Waals surface area contributed by atoms with Gasteiger partial charge < -0.3 is 14.4 Å². The molecule has 0 bridgehead atoms. The molecule has 0 fully saturated rings. The third kappa shape index (κ3) is 3.03. The SMILES string of the molecule is O=C(O)COCc1nc(-c2ccc3ncccc3c2)no1. The first-order chi connectivity index (χ1) is 10.2. The zero-order valence-corrected chi connectivity index (χ0v) is 10.9. The maximum Gasteiger partial charge on any atom is 0.329 e. The van der Waals surface area contributed by atoms with Crippen LogP contribution in [0.5, 0.6) is 0 Å². The van der Waals surface area contributed by atoms with Gasteiger partial charge in [0, 0.05) is 17.1 Å². The smallest absolute Gasteiger partial charge is 0.329 e. The summed E-state index contributed by atoms with van der Waals surface area (Å²) in [5, 5.41) is 13.3. The minimum atomic E-state index is -1.04. The highest BCUT2D eigenvalue weighted by Crippen LogP contribution is 2.21. The summed E-state index contributed by atoms with van der Waals surface area (Å²) in [6.07, 6.45) is 1.73. The molecule has 0 unspecified atom stereocenters. The zero-order valence-electron chi connectivity index (χ0n) is 10.9. The molecule has 0 atom stereocenters. The molecule has 3 rings (SSSR count). The molecule has 0 aliphatic heterocycles. The second-order valence-corrected chi connectivity index (χ2v) is 4.31. The summed E-state index contributed by atoms with van der Waals surface area (Å²) in [5.41, 5.74) is 1.68. The van der Waals surface area contributed by atoms with Crippen LogP contribution in [-0.2, 0) is 16.1 Å². The molecule has 1 N–H and O–H groups in total. The van der Waals surface area contributed by atoms with Gasteiger partial charge in [0.15, 0.2) is 0 Å². The Morgan fingerprint density at radius 1 is 1.33 bits per heavy atom. The van der Waals surface area contributed by atoms with E-state index in [1.54, 1.807) is 6.20 Å². The van der Waals surface area contributed by atoms with Gasteiger partial charge in [-0.25, -0.2) is 4.79 Å². The first-order valence-electron chi connectivity index (χ1n) is 6.19. The zero-order chi connectivity index (χ0) is 14.7. The van der Waals surface area contributed by atoms with Crippen molar-refractivity contribution in [2.45, 2.75) is 6.61 Å². The molecule has 0 radical (unpaired) electrons. The van der Waals surface area contributed by atoms with E-state index in [1.807, 2.05) is 30.3 Å². The number of pyridine rings is 1. The summed E-state index contributed by atoms with van der Waals surface area (Å²) in [5.74, 6) is -0.385. The van der Waals surface area contributed by atoms with Crippen LogP contribution in [0, 0.1) is 0 Å². The molecule has 21 heavy (non-hydrogen) atoms. The van der Waals surface area contributed by atoms with E-state index >= 15 is 0 Å². The quantitative estimate of drug-likeness (QED) is 0.764. The summed E-state index contributed by atoms with van der Waals surface area (Å²) in [6, 6.07) is 9.44. The Bertz CT molecular complexity index is 784. The van der Waals surface area contributed by atoms with Crippen LogP contribution in [0.1, 0.15) is 5.89 Å². The topological polar surface area (TPSA) is 98.3 Å². The Kier molecular flexibility index (Phi) is 3.57. The van der Waals surface area contributed by atoms with Gasteiger partial charge >= 0.3 is 5.97 Å². The number of fused-ring (bicyclic) bond motifs is 1. The first kappa shape index (κ1) is 13.2. The van der Waals surface area contributed by atoms with Gasteiger partial charge in [-0.2, -0.15) is 4.98 Å². The van der Waals surface area contributed by atoms with Crippen LogP contribution >= 0.6 is 0 Å². The van der Waals surface area contributed by atoms with Crippen molar-refractivity contribution in [3.63, 3.8) is 0 Å². The van der Waals surface area contributed by atoms with E-state index in [0.29, 0.717) is 5.82 Å². The van der Waals surface area contributed by atoms with Crippen LogP contribution in [0.3, 0.4) is 0 Å². The maximum atomic E-state index is 10.3. The lowest BCUT2D eigenvalue weighted by Gasteiger charge is -1.98. The first-order valence-corrected chi connectivity index (χ1v) is 6.19. The summed E-state index contributed by atoms with van der Waals surface area (Å²) < 4.78 is 9.91. The molecule has 2 heterocycles. The fourth-order valence-electron chi connectivity index (χ4n) is 1.87. The summed E-state index contributed by atoms with van der Waals surface area (Å²) in [7, 11) is 0. The number of carboxylic acids is 1. The third-order valence-corrected chi connectivity index (χ3v) is 2.78. The number of hydrogen-bond donors (Lipinski definition) is 1. The Balaban J connectivity index is 1.79. The predicted octanol–water partition coefficient (Wildman–Crippen LogP) is 1.89. The average Bonchev–Trinajstić information content (AvgIpc) is 2.95. The number of carbonyl (C=O) groups is 1. The van der Waals surface area contributed by atoms with Gasteiger partial charge in [0.05, 0.1) is 5.52 Å². The second kappa shape index (κ2) is 5.68. The number of ether oxygens (including phenoxy) is 1. The lowest BCUT2D eigenvalue weighted by molar-refractivity contribution is -0.142.